The fraction of sp³-hybridized carbons (Fsp3) is 0.375. The van der Waals surface area contributed by atoms with Gasteiger partial charge < -0.3 is 19.8 Å². The van der Waals surface area contributed by atoms with E-state index in [1.165, 1.54) is 0 Å². The minimum Gasteiger partial charge on any atom is -0.543 e. The van der Waals surface area contributed by atoms with Crippen LogP contribution in [0.4, 0.5) is 0 Å². The molecule has 0 unspecified atom stereocenters. The van der Waals surface area contributed by atoms with E-state index in [0.29, 0.717) is 6.54 Å². The van der Waals surface area contributed by atoms with Gasteiger partial charge in [-0.25, -0.2) is 0 Å². The fourth-order valence-electron chi connectivity index (χ4n) is 1.51. The Morgan fingerprint density at radius 2 is 2.31 bits per heavy atom. The zero-order valence-corrected chi connectivity index (χ0v) is 7.54. The van der Waals surface area contributed by atoms with Crippen LogP contribution in [0.5, 0.6) is 0 Å². The van der Waals surface area contributed by atoms with E-state index in [1.807, 2.05) is 6.07 Å². The van der Waals surface area contributed by atoms with Crippen molar-refractivity contribution in [2.75, 3.05) is 6.54 Å². The van der Waals surface area contributed by atoms with Gasteiger partial charge in [-0.3, -0.25) is 0 Å². The van der Waals surface area contributed by atoms with Crippen molar-refractivity contribution < 1.29 is 28.8 Å². The van der Waals surface area contributed by atoms with Crippen LogP contribution < -0.4 is 29.3 Å². The van der Waals surface area contributed by atoms with Crippen LogP contribution in [0.15, 0.2) is 12.1 Å². The number of carbonyl (C=O) groups excluding carboxylic acids is 1. The summed E-state index contributed by atoms with van der Waals surface area (Å²) >= 11 is 0. The number of nitrogens with one attached hydrogen (secondary N) is 1. The molecule has 2 heterocycles. The second-order valence-electron chi connectivity index (χ2n) is 2.83. The number of carboxylic acids is 1. The van der Waals surface area contributed by atoms with Gasteiger partial charge in [-0.15, -0.1) is 0 Å². The Morgan fingerprint density at radius 1 is 1.54 bits per heavy atom. The van der Waals surface area contributed by atoms with E-state index in [0.717, 1.165) is 18.8 Å². The summed E-state index contributed by atoms with van der Waals surface area (Å²) in [5, 5.41) is 13.7. The molecule has 0 atom stereocenters. The average molecular weight is 172 g/mol. The first-order chi connectivity index (χ1) is 5.79. The van der Waals surface area contributed by atoms with Gasteiger partial charge in [-0.2, -0.15) is 0 Å². The molecule has 1 aliphatic heterocycles. The van der Waals surface area contributed by atoms with E-state index >= 15 is 0 Å². The molecule has 0 spiro atoms. The van der Waals surface area contributed by atoms with E-state index in [4.69, 9.17) is 0 Å². The van der Waals surface area contributed by atoms with Crippen molar-refractivity contribution in [2.24, 2.45) is 0 Å². The topological polar surface area (TPSA) is 57.1 Å². The Bertz CT molecular complexity index is 322. The molecule has 1 aromatic rings. The number of carbonyl (C=O) groups is 1. The molecule has 0 bridgehead atoms. The maximum atomic E-state index is 10.6. The second kappa shape index (κ2) is 4.01. The molecule has 1 N–H and O–H groups in total. The number of carboxylic acid groups (broad SMARTS) is 1. The molecule has 64 valence electrons. The van der Waals surface area contributed by atoms with Crippen LogP contribution in [-0.2, 0) is 13.1 Å². The van der Waals surface area contributed by atoms with Crippen LogP contribution in [0.2, 0.25) is 0 Å². The van der Waals surface area contributed by atoms with Crippen LogP contribution in [0, 0.1) is 0 Å². The molecule has 0 aromatic carbocycles. The molecular formula is C8H9LiN2O2. The van der Waals surface area contributed by atoms with Crippen molar-refractivity contribution in [3.8, 4) is 0 Å². The molecule has 0 radical (unpaired) electrons. The first-order valence-electron chi connectivity index (χ1n) is 3.89. The van der Waals surface area contributed by atoms with Crippen LogP contribution in [-0.4, -0.2) is 17.1 Å². The van der Waals surface area contributed by atoms with Gasteiger partial charge in [0.15, 0.2) is 0 Å². The molecular weight excluding hydrogens is 163 g/mol. The molecule has 0 fully saturated rings. The first-order valence-corrected chi connectivity index (χ1v) is 3.89. The molecule has 2 rings (SSSR count). The van der Waals surface area contributed by atoms with Crippen LogP contribution >= 0.6 is 0 Å². The minimum absolute atomic E-state index is 0. The monoisotopic (exact) mass is 172 g/mol. The number of fused-ring (bicyclic) bond motifs is 1. The van der Waals surface area contributed by atoms with Crippen molar-refractivity contribution in [3.05, 3.63) is 23.5 Å². The van der Waals surface area contributed by atoms with E-state index in [9.17, 15) is 9.90 Å². The summed E-state index contributed by atoms with van der Waals surface area (Å²) in [4.78, 5) is 10.6. The smallest absolute Gasteiger partial charge is 0.543 e. The SMILES string of the molecule is O=C([O-])c1ccc2n1CCNC2.[Li+]. The number of rotatable bonds is 1. The predicted molar refractivity (Wildman–Crippen MR) is 40.5 cm³/mol. The Hall–Kier alpha value is -0.693. The van der Waals surface area contributed by atoms with E-state index in [2.05, 4.69) is 5.32 Å². The normalized spacial score (nSPS) is 14.5. The summed E-state index contributed by atoms with van der Waals surface area (Å²) in [5.41, 5.74) is 1.30. The molecule has 13 heavy (non-hydrogen) atoms. The number of hydrogen-bond acceptors (Lipinski definition) is 3. The summed E-state index contributed by atoms with van der Waals surface area (Å²) < 4.78 is 1.78. The van der Waals surface area contributed by atoms with Gasteiger partial charge in [0.2, 0.25) is 0 Å². The largest absolute Gasteiger partial charge is 1.00 e. The molecule has 0 amide bonds. The molecule has 4 nitrogen and oxygen atoms in total. The van der Waals surface area contributed by atoms with Gasteiger partial charge in [-0.05, 0) is 12.1 Å². The van der Waals surface area contributed by atoms with Gasteiger partial charge in [-0.1, -0.05) is 0 Å². The molecule has 1 aromatic heterocycles. The summed E-state index contributed by atoms with van der Waals surface area (Å²) in [5.74, 6) is -1.09. The van der Waals surface area contributed by atoms with Crippen LogP contribution in [0.1, 0.15) is 16.2 Å². The molecule has 0 saturated heterocycles. The van der Waals surface area contributed by atoms with E-state index in [-0.39, 0.29) is 24.6 Å². The van der Waals surface area contributed by atoms with Gasteiger partial charge in [0.25, 0.3) is 0 Å². The Balaban J connectivity index is 0.000000845. The average Bonchev–Trinajstić information content (AvgIpc) is 2.47. The summed E-state index contributed by atoms with van der Waals surface area (Å²) in [6.07, 6.45) is 0. The summed E-state index contributed by atoms with van der Waals surface area (Å²) in [6.45, 7) is 2.28. The Morgan fingerprint density at radius 3 is 3.00 bits per heavy atom. The summed E-state index contributed by atoms with van der Waals surface area (Å²) in [7, 11) is 0. The standard InChI is InChI=1S/C8H10N2O2.Li/c11-8(12)7-2-1-6-5-9-3-4-10(6)7;/h1-2,9H,3-5H2,(H,11,12);/q;+1/p-1. The Labute approximate surface area is 88.1 Å². The third-order valence-corrected chi connectivity index (χ3v) is 2.10. The second-order valence-corrected chi connectivity index (χ2v) is 2.83. The third kappa shape index (κ3) is 1.80. The number of aromatic carboxylic acids is 1. The maximum Gasteiger partial charge on any atom is 1.00 e. The third-order valence-electron chi connectivity index (χ3n) is 2.10. The van der Waals surface area contributed by atoms with Crippen molar-refractivity contribution in [2.45, 2.75) is 13.1 Å². The fourth-order valence-corrected chi connectivity index (χ4v) is 1.51. The van der Waals surface area contributed by atoms with Gasteiger partial charge in [0, 0.05) is 25.3 Å². The molecule has 1 aliphatic rings. The van der Waals surface area contributed by atoms with Crippen molar-refractivity contribution in [1.82, 2.24) is 9.88 Å². The number of nitrogens with zero attached hydrogens (tertiary/aromatic N) is 1. The number of hydrogen-bond donors (Lipinski definition) is 1. The molecule has 5 heteroatoms. The maximum absolute atomic E-state index is 10.6. The van der Waals surface area contributed by atoms with E-state index < -0.39 is 5.97 Å². The quantitative estimate of drug-likeness (QED) is 0.439. The van der Waals surface area contributed by atoms with E-state index in [1.54, 1.807) is 10.6 Å². The molecule has 0 saturated carbocycles. The van der Waals surface area contributed by atoms with Crippen molar-refractivity contribution in [1.29, 1.82) is 0 Å². The van der Waals surface area contributed by atoms with Crippen molar-refractivity contribution in [3.63, 3.8) is 0 Å². The van der Waals surface area contributed by atoms with Gasteiger partial charge in [0.05, 0.1) is 11.7 Å². The number of aromatic nitrogens is 1. The molecule has 0 aliphatic carbocycles. The van der Waals surface area contributed by atoms with Gasteiger partial charge in [0.1, 0.15) is 0 Å². The zero-order chi connectivity index (χ0) is 8.55. The van der Waals surface area contributed by atoms with Crippen LogP contribution in [0.3, 0.4) is 0 Å². The minimum atomic E-state index is -1.09. The van der Waals surface area contributed by atoms with Gasteiger partial charge >= 0.3 is 18.9 Å². The zero-order valence-electron chi connectivity index (χ0n) is 7.54. The first kappa shape index (κ1) is 10.4. The van der Waals surface area contributed by atoms with Crippen molar-refractivity contribution >= 4 is 5.97 Å². The van der Waals surface area contributed by atoms with Crippen LogP contribution in [0.25, 0.3) is 0 Å². The summed E-state index contributed by atoms with van der Waals surface area (Å²) in [6, 6.07) is 3.41. The predicted octanol–water partition coefficient (Wildman–Crippen LogP) is -4.04. The Kier molecular flexibility index (Phi) is 3.20.